The predicted octanol–water partition coefficient (Wildman–Crippen LogP) is 2.30. The lowest BCUT2D eigenvalue weighted by molar-refractivity contribution is -0.122. The molecule has 2 aromatic rings. The van der Waals surface area contributed by atoms with Gasteiger partial charge < -0.3 is 20.6 Å². The van der Waals surface area contributed by atoms with Crippen molar-refractivity contribution < 1.29 is 14.7 Å². The number of amides is 1. The summed E-state index contributed by atoms with van der Waals surface area (Å²) in [5, 5.41) is 21.7. The summed E-state index contributed by atoms with van der Waals surface area (Å²) < 4.78 is 0. The molecule has 3 fully saturated rings. The number of anilines is 1. The molecule has 1 aromatic heterocycles. The number of piperidine rings is 3. The van der Waals surface area contributed by atoms with Gasteiger partial charge in [0.25, 0.3) is 12.4 Å². The first kappa shape index (κ1) is 20.1. The van der Waals surface area contributed by atoms with Gasteiger partial charge in [0.1, 0.15) is 0 Å². The summed E-state index contributed by atoms with van der Waals surface area (Å²) in [4.78, 5) is 23.6. The van der Waals surface area contributed by atoms with Gasteiger partial charge in [0, 0.05) is 30.2 Å². The average Bonchev–Trinajstić information content (AvgIpc) is 3.13. The molecular weight excluding hydrogens is 358 g/mol. The maximum absolute atomic E-state index is 12.8. The number of carboxylic acid groups (broad SMARTS) is 1. The minimum Gasteiger partial charge on any atom is -0.483 e. The van der Waals surface area contributed by atoms with Gasteiger partial charge in [-0.3, -0.25) is 14.7 Å². The molecule has 5 rings (SSSR count). The number of aromatic nitrogens is 2. The minimum absolute atomic E-state index is 0.0595. The van der Waals surface area contributed by atoms with E-state index in [1.54, 1.807) is 0 Å². The summed E-state index contributed by atoms with van der Waals surface area (Å²) in [7, 11) is 0. The molecule has 3 aliphatic heterocycles. The Bertz CT molecular complexity index is 798. The number of nitrogens with one attached hydrogen (secondary N) is 3. The minimum atomic E-state index is -0.250. The van der Waals surface area contributed by atoms with Crippen molar-refractivity contribution >= 4 is 29.0 Å². The van der Waals surface area contributed by atoms with E-state index in [0.717, 1.165) is 42.5 Å². The second-order valence-electron chi connectivity index (χ2n) is 7.44. The number of hydrogen-bond donors (Lipinski definition) is 4. The number of carbonyl (C=O) groups excluding carboxylic acids is 1. The molecule has 1 atom stereocenters. The van der Waals surface area contributed by atoms with Gasteiger partial charge in [-0.15, -0.1) is 0 Å². The van der Waals surface area contributed by atoms with Gasteiger partial charge in [0.05, 0.1) is 5.52 Å². The van der Waals surface area contributed by atoms with Crippen LogP contribution in [0.4, 0.5) is 5.69 Å². The largest absolute Gasteiger partial charge is 0.483 e. The van der Waals surface area contributed by atoms with Crippen molar-refractivity contribution in [1.82, 2.24) is 20.4 Å². The highest BCUT2D eigenvalue weighted by Gasteiger charge is 2.35. The number of H-pyrrole nitrogens is 1. The second kappa shape index (κ2) is 9.54. The maximum atomic E-state index is 12.8. The lowest BCUT2D eigenvalue weighted by Gasteiger charge is -2.44. The van der Waals surface area contributed by atoms with Crippen LogP contribution in [0, 0.1) is 5.92 Å². The quantitative estimate of drug-likeness (QED) is 0.447. The molecule has 3 saturated heterocycles. The smallest absolute Gasteiger partial charge is 0.290 e. The Hall–Kier alpha value is -2.61. The zero-order chi connectivity index (χ0) is 19.9. The van der Waals surface area contributed by atoms with E-state index >= 15 is 0 Å². The molecule has 0 unspecified atom stereocenters. The van der Waals surface area contributed by atoms with Crippen LogP contribution >= 0.6 is 0 Å². The van der Waals surface area contributed by atoms with Crippen molar-refractivity contribution in [2.45, 2.75) is 38.6 Å². The molecule has 4 N–H and O–H groups in total. The number of nitrogens with zero attached hydrogens (tertiary/aromatic N) is 2. The van der Waals surface area contributed by atoms with Crippen LogP contribution in [0.25, 0.3) is 10.9 Å². The van der Waals surface area contributed by atoms with Crippen LogP contribution in [0.5, 0.6) is 0 Å². The van der Waals surface area contributed by atoms with Crippen LogP contribution in [0.2, 0.25) is 0 Å². The maximum Gasteiger partial charge on any atom is 0.290 e. The number of unbranched alkanes of at least 4 members (excludes halogenated alkanes) is 1. The van der Waals surface area contributed by atoms with Crippen LogP contribution in [0.3, 0.4) is 0 Å². The molecule has 0 spiro atoms. The summed E-state index contributed by atoms with van der Waals surface area (Å²) in [6, 6.07) is 6.31. The van der Waals surface area contributed by atoms with Gasteiger partial charge in [0.15, 0.2) is 5.69 Å². The van der Waals surface area contributed by atoms with Gasteiger partial charge in [-0.2, -0.15) is 5.10 Å². The Labute approximate surface area is 164 Å². The molecule has 3 aliphatic rings. The number of hydrogen-bond acceptors (Lipinski definition) is 5. The number of fused-ring (bicyclic) bond motifs is 4. The highest BCUT2D eigenvalue weighted by molar-refractivity contribution is 6.05. The third-order valence-corrected chi connectivity index (χ3v) is 5.61. The van der Waals surface area contributed by atoms with Crippen LogP contribution in [0.15, 0.2) is 18.2 Å². The normalized spacial score (nSPS) is 23.0. The van der Waals surface area contributed by atoms with Gasteiger partial charge in [-0.05, 0) is 56.5 Å². The topological polar surface area (TPSA) is 110 Å². The first-order chi connectivity index (χ1) is 13.7. The van der Waals surface area contributed by atoms with E-state index in [2.05, 4.69) is 32.7 Å². The molecule has 2 bridgehead atoms. The molecule has 1 aromatic carbocycles. The Kier molecular flexibility index (Phi) is 6.86. The van der Waals surface area contributed by atoms with E-state index in [9.17, 15) is 4.79 Å². The monoisotopic (exact) mass is 387 g/mol. The summed E-state index contributed by atoms with van der Waals surface area (Å²) in [6.45, 7) is 6.20. The van der Waals surface area contributed by atoms with Crippen molar-refractivity contribution in [2.24, 2.45) is 5.92 Å². The van der Waals surface area contributed by atoms with Crippen molar-refractivity contribution in [3.63, 3.8) is 0 Å². The van der Waals surface area contributed by atoms with Crippen LogP contribution in [-0.2, 0) is 4.79 Å². The van der Waals surface area contributed by atoms with E-state index in [-0.39, 0.29) is 18.4 Å². The Morgan fingerprint density at radius 3 is 2.79 bits per heavy atom. The third-order valence-electron chi connectivity index (χ3n) is 5.61. The molecule has 1 amide bonds. The zero-order valence-electron chi connectivity index (χ0n) is 16.3. The first-order valence-corrected chi connectivity index (χ1v) is 9.99. The molecule has 8 nitrogen and oxygen atoms in total. The lowest BCUT2D eigenvalue weighted by Crippen LogP contribution is -2.57. The average molecular weight is 387 g/mol. The van der Waals surface area contributed by atoms with Crippen LogP contribution in [0.1, 0.15) is 43.1 Å². The number of benzene rings is 1. The molecule has 152 valence electrons. The van der Waals surface area contributed by atoms with Gasteiger partial charge in [-0.25, -0.2) is 0 Å². The van der Waals surface area contributed by atoms with Crippen molar-refractivity contribution in [1.29, 1.82) is 0 Å². The number of rotatable bonds is 6. The lowest BCUT2D eigenvalue weighted by atomic mass is 9.84. The number of aromatic amines is 1. The third kappa shape index (κ3) is 4.62. The molecule has 4 heterocycles. The molecule has 28 heavy (non-hydrogen) atoms. The standard InChI is InChI=1S/C19H27N5O.CH2O2/c1-2-3-8-20-14-4-5-16-15(11-14)18(23-22-16)19(25)21-17-12-24-9-6-13(17)7-10-24;2-1-3/h4-5,11,13,17,20H,2-3,6-10,12H2,1H3,(H,21,25)(H,22,23);1H,(H,2,3)/t17-;/m0./s1. The highest BCUT2D eigenvalue weighted by atomic mass is 16.3. The summed E-state index contributed by atoms with van der Waals surface area (Å²) >= 11 is 0. The van der Waals surface area contributed by atoms with Crippen molar-refractivity contribution in [3.05, 3.63) is 23.9 Å². The van der Waals surface area contributed by atoms with E-state index in [0.29, 0.717) is 11.6 Å². The summed E-state index contributed by atoms with van der Waals surface area (Å²) in [5.74, 6) is 0.557. The highest BCUT2D eigenvalue weighted by Crippen LogP contribution is 2.28. The van der Waals surface area contributed by atoms with Gasteiger partial charge in [0.2, 0.25) is 0 Å². The Morgan fingerprint density at radius 1 is 1.39 bits per heavy atom. The molecule has 0 aliphatic carbocycles. The molecule has 0 radical (unpaired) electrons. The fourth-order valence-electron chi connectivity index (χ4n) is 4.07. The zero-order valence-corrected chi connectivity index (χ0v) is 16.3. The summed E-state index contributed by atoms with van der Waals surface area (Å²) in [6.07, 6.45) is 4.68. The number of carbonyl (C=O) groups is 2. The molecule has 8 heteroatoms. The summed E-state index contributed by atoms with van der Waals surface area (Å²) in [5.41, 5.74) is 2.45. The fourth-order valence-corrected chi connectivity index (χ4v) is 4.07. The SMILES string of the molecule is CCCCNc1ccc2[nH]nc(C(=O)N[C@H]3CN4CCC3CC4)c2c1.O=CO. The predicted molar refractivity (Wildman–Crippen MR) is 109 cm³/mol. The molecule has 0 saturated carbocycles. The Morgan fingerprint density at radius 2 is 2.14 bits per heavy atom. The van der Waals surface area contributed by atoms with E-state index < -0.39 is 0 Å². The molecular formula is C20H29N5O3. The second-order valence-corrected chi connectivity index (χ2v) is 7.44. The van der Waals surface area contributed by atoms with Crippen LogP contribution < -0.4 is 10.6 Å². The fraction of sp³-hybridized carbons (Fsp3) is 0.550. The van der Waals surface area contributed by atoms with E-state index in [4.69, 9.17) is 9.90 Å². The Balaban J connectivity index is 0.000000706. The van der Waals surface area contributed by atoms with Crippen molar-refractivity contribution in [3.8, 4) is 0 Å². The van der Waals surface area contributed by atoms with Crippen molar-refractivity contribution in [2.75, 3.05) is 31.5 Å². The van der Waals surface area contributed by atoms with E-state index in [1.807, 2.05) is 18.2 Å². The van der Waals surface area contributed by atoms with Gasteiger partial charge >= 0.3 is 0 Å². The van der Waals surface area contributed by atoms with Crippen LogP contribution in [-0.4, -0.2) is 64.8 Å². The van der Waals surface area contributed by atoms with Gasteiger partial charge in [-0.1, -0.05) is 13.3 Å². The first-order valence-electron chi connectivity index (χ1n) is 9.99. The van der Waals surface area contributed by atoms with E-state index in [1.165, 1.54) is 25.9 Å².